The number of likely N-dealkylation sites (N-methyl/N-ethyl adjacent to an activating group) is 1. The molecule has 2 aliphatic rings. The molecular weight excluding hydrogens is 497 g/mol. The molecule has 4 rings (SSSR count). The summed E-state index contributed by atoms with van der Waals surface area (Å²) in [7, 11) is 1.67. The van der Waals surface area contributed by atoms with Gasteiger partial charge in [-0.2, -0.15) is 0 Å². The predicted octanol–water partition coefficient (Wildman–Crippen LogP) is 7.34. The summed E-state index contributed by atoms with van der Waals surface area (Å²) in [5.74, 6) is -0.621. The molecule has 0 N–H and O–H groups in total. The van der Waals surface area contributed by atoms with E-state index in [4.69, 9.17) is 30.5 Å². The normalized spacial score (nSPS) is 24.5. The van der Waals surface area contributed by atoms with Gasteiger partial charge in [0.2, 0.25) is 0 Å². The second-order valence-corrected chi connectivity index (χ2v) is 12.4. The fraction of sp³-hybridized carbons (Fsp3) is 0.552. The molecule has 1 fully saturated rings. The number of benzene rings is 2. The van der Waals surface area contributed by atoms with Gasteiger partial charge in [0, 0.05) is 30.2 Å². The molecule has 2 heterocycles. The lowest BCUT2D eigenvalue weighted by atomic mass is 9.78. The van der Waals surface area contributed by atoms with Gasteiger partial charge in [-0.15, -0.1) is 0 Å². The summed E-state index contributed by atoms with van der Waals surface area (Å²) in [5, 5.41) is -0.0583. The van der Waals surface area contributed by atoms with Crippen LogP contribution in [0.2, 0.25) is 5.02 Å². The first-order valence-electron chi connectivity index (χ1n) is 12.6. The van der Waals surface area contributed by atoms with Gasteiger partial charge in [0.05, 0.1) is 22.8 Å². The molecule has 0 unspecified atom stereocenters. The maximum absolute atomic E-state index is 15.2. The van der Waals surface area contributed by atoms with Crippen LogP contribution in [-0.4, -0.2) is 41.4 Å². The largest absolute Gasteiger partial charge is 0.480 e. The molecule has 2 aromatic rings. The average Bonchev–Trinajstić information content (AvgIpc) is 3.17. The Morgan fingerprint density at radius 2 is 1.65 bits per heavy atom. The molecule has 0 aromatic heterocycles. The summed E-state index contributed by atoms with van der Waals surface area (Å²) in [6.45, 7) is 15.3. The number of hydrogen-bond donors (Lipinski definition) is 0. The molecule has 0 aliphatic carbocycles. The summed E-state index contributed by atoms with van der Waals surface area (Å²) < 4.78 is 40.0. The molecule has 0 saturated carbocycles. The second-order valence-electron chi connectivity index (χ2n) is 12.0. The molecule has 0 bridgehead atoms. The van der Waals surface area contributed by atoms with Crippen molar-refractivity contribution in [1.82, 2.24) is 4.90 Å². The topological polar surface area (TPSA) is 57.2 Å². The number of fused-ring (bicyclic) bond motifs is 1. The molecule has 2 atom stereocenters. The van der Waals surface area contributed by atoms with Crippen molar-refractivity contribution in [2.75, 3.05) is 13.6 Å². The van der Waals surface area contributed by atoms with Gasteiger partial charge in [-0.3, -0.25) is 0 Å². The molecule has 1 amide bonds. The van der Waals surface area contributed by atoms with E-state index in [1.54, 1.807) is 7.05 Å². The lowest BCUT2D eigenvalue weighted by molar-refractivity contribution is -0.0903. The highest BCUT2D eigenvalue weighted by molar-refractivity contribution is 6.31. The van der Waals surface area contributed by atoms with E-state index >= 15 is 4.39 Å². The van der Waals surface area contributed by atoms with Crippen molar-refractivity contribution in [3.63, 3.8) is 0 Å². The van der Waals surface area contributed by atoms with Gasteiger partial charge in [-0.05, 0) is 54.0 Å². The molecule has 8 heteroatoms. The van der Waals surface area contributed by atoms with Gasteiger partial charge in [0.25, 0.3) is 0 Å². The number of ether oxygens (including phenoxy) is 4. The van der Waals surface area contributed by atoms with E-state index in [1.807, 2.05) is 85.7 Å². The number of carbonyl (C=O) groups is 1. The summed E-state index contributed by atoms with van der Waals surface area (Å²) in [6, 6.07) is 10.9. The lowest BCUT2D eigenvalue weighted by Crippen LogP contribution is -2.47. The molecule has 2 aliphatic heterocycles. The molecule has 0 radical (unpaired) electrons. The van der Waals surface area contributed by atoms with Crippen molar-refractivity contribution in [2.24, 2.45) is 0 Å². The molecule has 6 nitrogen and oxygen atoms in total. The van der Waals surface area contributed by atoms with Crippen LogP contribution < -0.4 is 4.74 Å². The van der Waals surface area contributed by atoms with Crippen LogP contribution in [0.3, 0.4) is 0 Å². The highest BCUT2D eigenvalue weighted by Gasteiger charge is 2.55. The quantitative estimate of drug-likeness (QED) is 0.411. The fourth-order valence-electron chi connectivity index (χ4n) is 4.92. The number of halogens is 2. The van der Waals surface area contributed by atoms with E-state index in [0.717, 1.165) is 5.56 Å². The third-order valence-electron chi connectivity index (χ3n) is 7.61. The van der Waals surface area contributed by atoms with Crippen LogP contribution in [0.1, 0.15) is 84.3 Å². The van der Waals surface area contributed by atoms with Gasteiger partial charge < -0.3 is 23.8 Å². The Kier molecular flexibility index (Phi) is 6.84. The van der Waals surface area contributed by atoms with Crippen molar-refractivity contribution in [3.8, 4) is 5.75 Å². The Morgan fingerprint density at radius 3 is 2.19 bits per heavy atom. The van der Waals surface area contributed by atoms with E-state index in [9.17, 15) is 4.79 Å². The first-order valence-corrected chi connectivity index (χ1v) is 12.9. The number of amides is 1. The Hall–Kier alpha value is -2.35. The molecule has 0 spiro atoms. The van der Waals surface area contributed by atoms with E-state index < -0.39 is 40.6 Å². The van der Waals surface area contributed by atoms with Crippen molar-refractivity contribution in [1.29, 1.82) is 0 Å². The maximum Gasteiger partial charge on any atom is 0.410 e. The van der Waals surface area contributed by atoms with E-state index in [2.05, 4.69) is 0 Å². The molecule has 1 saturated heterocycles. The third kappa shape index (κ3) is 4.82. The summed E-state index contributed by atoms with van der Waals surface area (Å²) in [4.78, 5) is 14.4. The van der Waals surface area contributed by atoms with E-state index in [0.29, 0.717) is 16.9 Å². The zero-order chi connectivity index (χ0) is 27.6. The van der Waals surface area contributed by atoms with Crippen LogP contribution in [0, 0.1) is 5.82 Å². The SMILES string of the molecule is C[C@H]1c2c(cc(F)c(Cl)c2C2OC(C)(C)C(C)(C)O2)O[C@]1(CN(C)C(=O)OC(C)(C)C)c1ccccc1. The standard InChI is InChI=1S/C29H37ClFNO5/c1-17-21-20(15-19(31)23(30)22(21)24-35-27(5,6)28(7,8)36-24)34-29(17,18-13-11-10-12-14-18)16-32(9)25(33)37-26(2,3)4/h10-15,17,24H,16H2,1-9H3/t17-,29-/m0/s1. The fourth-order valence-corrected chi connectivity index (χ4v) is 5.17. The molecule has 37 heavy (non-hydrogen) atoms. The van der Waals surface area contributed by atoms with Gasteiger partial charge in [-0.1, -0.05) is 48.9 Å². The molecule has 202 valence electrons. The highest BCUT2D eigenvalue weighted by Crippen LogP contribution is 2.57. The Bertz CT molecular complexity index is 1180. The minimum atomic E-state index is -1.04. The van der Waals surface area contributed by atoms with Crippen molar-refractivity contribution >= 4 is 17.7 Å². The third-order valence-corrected chi connectivity index (χ3v) is 8.00. The van der Waals surface area contributed by atoms with Crippen molar-refractivity contribution in [3.05, 3.63) is 63.9 Å². The van der Waals surface area contributed by atoms with Gasteiger partial charge in [0.15, 0.2) is 11.9 Å². The van der Waals surface area contributed by atoms with Crippen molar-refractivity contribution in [2.45, 2.75) is 90.0 Å². The van der Waals surface area contributed by atoms with Gasteiger partial charge >= 0.3 is 6.09 Å². The second kappa shape index (κ2) is 9.14. The van der Waals surface area contributed by atoms with Crippen LogP contribution in [0.15, 0.2) is 36.4 Å². The zero-order valence-corrected chi connectivity index (χ0v) is 23.8. The molecular formula is C29H37ClFNO5. The van der Waals surface area contributed by atoms with E-state index in [-0.39, 0.29) is 17.5 Å². The monoisotopic (exact) mass is 533 g/mol. The maximum atomic E-state index is 15.2. The average molecular weight is 534 g/mol. The van der Waals surface area contributed by atoms with Gasteiger partial charge in [0.1, 0.15) is 17.2 Å². The summed E-state index contributed by atoms with van der Waals surface area (Å²) in [6.07, 6.45) is -1.37. The Balaban J connectivity index is 1.83. The number of nitrogens with zero attached hydrogens (tertiary/aromatic N) is 1. The van der Waals surface area contributed by atoms with Crippen molar-refractivity contribution < 1.29 is 28.1 Å². The molecule has 2 aromatic carbocycles. The van der Waals surface area contributed by atoms with Crippen LogP contribution in [0.25, 0.3) is 0 Å². The zero-order valence-electron chi connectivity index (χ0n) is 23.1. The van der Waals surface area contributed by atoms with Crippen LogP contribution in [-0.2, 0) is 19.8 Å². The first-order chi connectivity index (χ1) is 17.0. The highest BCUT2D eigenvalue weighted by atomic mass is 35.5. The minimum absolute atomic E-state index is 0.0583. The Morgan fingerprint density at radius 1 is 1.08 bits per heavy atom. The summed E-state index contributed by atoms with van der Waals surface area (Å²) in [5.41, 5.74) is -1.02. The van der Waals surface area contributed by atoms with Crippen LogP contribution >= 0.6 is 11.6 Å². The van der Waals surface area contributed by atoms with Crippen LogP contribution in [0.5, 0.6) is 5.75 Å². The minimum Gasteiger partial charge on any atom is -0.480 e. The van der Waals surface area contributed by atoms with E-state index in [1.165, 1.54) is 11.0 Å². The number of hydrogen-bond acceptors (Lipinski definition) is 5. The Labute approximate surface area is 224 Å². The summed E-state index contributed by atoms with van der Waals surface area (Å²) >= 11 is 6.60. The van der Waals surface area contributed by atoms with Crippen LogP contribution in [0.4, 0.5) is 9.18 Å². The number of carbonyl (C=O) groups excluding carboxylic acids is 1. The smallest absolute Gasteiger partial charge is 0.410 e. The predicted molar refractivity (Wildman–Crippen MR) is 141 cm³/mol. The first kappa shape index (κ1) is 27.7. The number of rotatable bonds is 4. The lowest BCUT2D eigenvalue weighted by Gasteiger charge is -2.37. The van der Waals surface area contributed by atoms with Gasteiger partial charge in [-0.25, -0.2) is 9.18 Å².